The SMILES string of the molecule is CC1(C)OC(CC(=O)O)[C@]23COC(C(=O)[C@]4(C)C2CC[C@@]2(C)C(c5ccoc5)OC(=O)C5O[C@]524)C13. The standard InChI is InChI=1S/C26H30O9/c1-22(2)17-16-18(29)24(4)13(25(17,11-32-16)14(34-22)9-15(27)28)5-7-23(3)19(12-6-8-31-10-12)33-21(30)20-26(23,24)35-20/h6,8,10,13-14,16-17,19-20H,5,7,9,11H2,1-4H3,(H,27,28)/t13?,14?,16?,17?,19?,20?,23-,24-,25-,26+/m0/s1. The molecule has 0 radical (unpaired) electrons. The lowest BCUT2D eigenvalue weighted by Crippen LogP contribution is -2.73. The lowest BCUT2D eigenvalue weighted by molar-refractivity contribution is -0.208. The predicted molar refractivity (Wildman–Crippen MR) is 116 cm³/mol. The van der Waals surface area contributed by atoms with E-state index in [1.54, 1.807) is 18.6 Å². The molecule has 10 atom stereocenters. The van der Waals surface area contributed by atoms with Gasteiger partial charge >= 0.3 is 11.9 Å². The fourth-order valence-electron chi connectivity index (χ4n) is 9.63. The number of rotatable bonds is 3. The van der Waals surface area contributed by atoms with Crippen molar-refractivity contribution >= 4 is 17.7 Å². The van der Waals surface area contributed by atoms with Crippen molar-refractivity contribution < 1.29 is 42.9 Å². The summed E-state index contributed by atoms with van der Waals surface area (Å²) < 4.78 is 30.2. The fraction of sp³-hybridized carbons (Fsp3) is 0.731. The zero-order valence-electron chi connectivity index (χ0n) is 20.2. The van der Waals surface area contributed by atoms with Crippen LogP contribution in [0, 0.1) is 28.1 Å². The van der Waals surface area contributed by atoms with E-state index in [4.69, 9.17) is 23.4 Å². The average molecular weight is 487 g/mol. The monoisotopic (exact) mass is 486 g/mol. The van der Waals surface area contributed by atoms with Crippen molar-refractivity contribution in [3.8, 4) is 0 Å². The van der Waals surface area contributed by atoms with E-state index in [1.807, 2.05) is 27.7 Å². The van der Waals surface area contributed by atoms with E-state index in [0.29, 0.717) is 12.8 Å². The topological polar surface area (TPSA) is 125 Å². The number of epoxide rings is 1. The molecule has 188 valence electrons. The van der Waals surface area contributed by atoms with Crippen LogP contribution in [-0.2, 0) is 33.3 Å². The molecule has 1 N–H and O–H groups in total. The highest BCUT2D eigenvalue weighted by atomic mass is 16.7. The molecule has 1 aromatic heterocycles. The zero-order chi connectivity index (χ0) is 24.8. The van der Waals surface area contributed by atoms with Crippen LogP contribution < -0.4 is 0 Å². The normalized spacial score (nSPS) is 52.7. The maximum atomic E-state index is 14.5. The summed E-state index contributed by atoms with van der Waals surface area (Å²) in [6.45, 7) is 8.09. The van der Waals surface area contributed by atoms with E-state index in [1.165, 1.54) is 0 Å². The first-order valence-electron chi connectivity index (χ1n) is 12.4. The van der Waals surface area contributed by atoms with Crippen molar-refractivity contribution in [2.45, 2.75) is 82.6 Å². The predicted octanol–water partition coefficient (Wildman–Crippen LogP) is 2.67. The Labute approximate surface area is 202 Å². The molecule has 2 bridgehead atoms. The van der Waals surface area contributed by atoms with E-state index in [0.717, 1.165) is 5.56 Å². The van der Waals surface area contributed by atoms with E-state index in [9.17, 15) is 19.5 Å². The second kappa shape index (κ2) is 6.18. The van der Waals surface area contributed by atoms with Gasteiger partial charge in [0.15, 0.2) is 11.9 Å². The van der Waals surface area contributed by atoms with Crippen LogP contribution in [0.2, 0.25) is 0 Å². The molecule has 9 nitrogen and oxygen atoms in total. The van der Waals surface area contributed by atoms with Gasteiger partial charge in [-0.2, -0.15) is 0 Å². The number of carbonyl (C=O) groups excluding carboxylic acids is 2. The summed E-state index contributed by atoms with van der Waals surface area (Å²) in [7, 11) is 0. The van der Waals surface area contributed by atoms with Crippen LogP contribution in [-0.4, -0.2) is 58.9 Å². The molecule has 7 rings (SSSR count). The molecule has 0 aromatic carbocycles. The highest BCUT2D eigenvalue weighted by Gasteiger charge is 2.91. The van der Waals surface area contributed by atoms with Gasteiger partial charge in [0.2, 0.25) is 0 Å². The average Bonchev–Trinajstić information content (AvgIpc) is 3.09. The van der Waals surface area contributed by atoms with Crippen molar-refractivity contribution in [1.82, 2.24) is 0 Å². The summed E-state index contributed by atoms with van der Waals surface area (Å²) in [5.41, 5.74) is -3.44. The summed E-state index contributed by atoms with van der Waals surface area (Å²) in [6.07, 6.45) is 1.46. The number of ketones is 1. The minimum absolute atomic E-state index is 0.0673. The number of Topliss-reactive ketones (excluding diaryl/α,β-unsaturated/α-hetero) is 1. The Morgan fingerprint density at radius 2 is 1.91 bits per heavy atom. The van der Waals surface area contributed by atoms with E-state index in [-0.39, 0.29) is 30.6 Å². The van der Waals surface area contributed by atoms with Gasteiger partial charge in [0.25, 0.3) is 0 Å². The molecule has 6 unspecified atom stereocenters. The molecular weight excluding hydrogens is 456 g/mol. The van der Waals surface area contributed by atoms with Gasteiger partial charge in [-0.05, 0) is 45.6 Å². The molecule has 0 amide bonds. The van der Waals surface area contributed by atoms with Crippen LogP contribution in [0.25, 0.3) is 0 Å². The molecule has 4 aliphatic heterocycles. The van der Waals surface area contributed by atoms with Crippen molar-refractivity contribution in [3.05, 3.63) is 24.2 Å². The van der Waals surface area contributed by atoms with Gasteiger partial charge in [0, 0.05) is 22.3 Å². The van der Waals surface area contributed by atoms with Crippen molar-refractivity contribution in [2.24, 2.45) is 28.1 Å². The maximum Gasteiger partial charge on any atom is 0.339 e. The quantitative estimate of drug-likeness (QED) is 0.507. The molecule has 2 aliphatic carbocycles. The molecular formula is C26H30O9. The Morgan fingerprint density at radius 1 is 1.14 bits per heavy atom. The largest absolute Gasteiger partial charge is 0.481 e. The van der Waals surface area contributed by atoms with Gasteiger partial charge in [-0.15, -0.1) is 0 Å². The minimum Gasteiger partial charge on any atom is -0.481 e. The molecule has 6 aliphatic rings. The van der Waals surface area contributed by atoms with E-state index < -0.39 is 63.8 Å². The third kappa shape index (κ3) is 2.14. The molecule has 5 heterocycles. The third-order valence-electron chi connectivity index (χ3n) is 10.7. The Morgan fingerprint density at radius 3 is 2.60 bits per heavy atom. The zero-order valence-corrected chi connectivity index (χ0v) is 20.2. The molecule has 6 fully saturated rings. The molecule has 2 saturated carbocycles. The molecule has 1 spiro atoms. The van der Waals surface area contributed by atoms with Gasteiger partial charge < -0.3 is 28.5 Å². The molecule has 1 aromatic rings. The number of furan rings is 1. The number of carbonyl (C=O) groups is 3. The molecule has 35 heavy (non-hydrogen) atoms. The Kier molecular flexibility index (Phi) is 3.88. The van der Waals surface area contributed by atoms with Crippen molar-refractivity contribution in [1.29, 1.82) is 0 Å². The second-order valence-electron chi connectivity index (χ2n) is 12.3. The van der Waals surface area contributed by atoms with Crippen molar-refractivity contribution in [3.63, 3.8) is 0 Å². The second-order valence-corrected chi connectivity index (χ2v) is 12.3. The summed E-state index contributed by atoms with van der Waals surface area (Å²) >= 11 is 0. The van der Waals surface area contributed by atoms with Crippen LogP contribution in [0.5, 0.6) is 0 Å². The fourth-order valence-corrected chi connectivity index (χ4v) is 9.63. The summed E-state index contributed by atoms with van der Waals surface area (Å²) in [4.78, 5) is 39.5. The van der Waals surface area contributed by atoms with E-state index in [2.05, 4.69) is 0 Å². The highest BCUT2D eigenvalue weighted by Crippen LogP contribution is 2.80. The van der Waals surface area contributed by atoms with Gasteiger partial charge in [-0.1, -0.05) is 6.92 Å². The maximum absolute atomic E-state index is 14.5. The first-order valence-corrected chi connectivity index (χ1v) is 12.4. The Hall–Kier alpha value is -2.23. The van der Waals surface area contributed by atoms with Gasteiger partial charge in [0.05, 0.1) is 42.7 Å². The molecule has 4 saturated heterocycles. The number of ether oxygens (including phenoxy) is 4. The van der Waals surface area contributed by atoms with Gasteiger partial charge in [-0.3, -0.25) is 9.59 Å². The summed E-state index contributed by atoms with van der Waals surface area (Å²) in [5.74, 6) is -2.00. The number of carboxylic acid groups (broad SMARTS) is 1. The number of aliphatic carboxylic acids is 1. The number of esters is 1. The summed E-state index contributed by atoms with van der Waals surface area (Å²) in [5, 5.41) is 9.75. The lowest BCUT2D eigenvalue weighted by atomic mass is 9.37. The van der Waals surface area contributed by atoms with Crippen LogP contribution >= 0.6 is 0 Å². The van der Waals surface area contributed by atoms with Crippen LogP contribution in [0.3, 0.4) is 0 Å². The first-order chi connectivity index (χ1) is 16.4. The van der Waals surface area contributed by atoms with Gasteiger partial charge in [-0.25, -0.2) is 4.79 Å². The van der Waals surface area contributed by atoms with Crippen LogP contribution in [0.1, 0.15) is 58.6 Å². The van der Waals surface area contributed by atoms with Crippen molar-refractivity contribution in [2.75, 3.05) is 6.61 Å². The Balaban J connectivity index is 1.42. The highest BCUT2D eigenvalue weighted by molar-refractivity contribution is 5.96. The van der Waals surface area contributed by atoms with Crippen LogP contribution in [0.4, 0.5) is 0 Å². The van der Waals surface area contributed by atoms with Crippen LogP contribution in [0.15, 0.2) is 23.0 Å². The number of hydrogen-bond acceptors (Lipinski definition) is 8. The third-order valence-corrected chi connectivity index (χ3v) is 10.7. The lowest BCUT2D eigenvalue weighted by Gasteiger charge is -2.63. The number of carboxylic acids is 1. The smallest absolute Gasteiger partial charge is 0.339 e. The first kappa shape index (κ1) is 22.0. The van der Waals surface area contributed by atoms with E-state index >= 15 is 0 Å². The Bertz CT molecular complexity index is 1160. The number of hydrogen-bond donors (Lipinski definition) is 1. The summed E-state index contributed by atoms with van der Waals surface area (Å²) in [6, 6.07) is 1.79. The van der Waals surface area contributed by atoms with Gasteiger partial charge in [0.1, 0.15) is 17.8 Å². The number of fused-ring (bicyclic) bond motifs is 1. The molecule has 9 heteroatoms. The number of cyclic esters (lactones) is 1. The minimum atomic E-state index is -1.07.